The SMILES string of the molecule is COc1cc(C)nc(NC(=O)NS(=O)(=O)NS(=O)(=O)c2ccccc2CCCl)n1. The van der Waals surface area contributed by atoms with Gasteiger partial charge in [-0.1, -0.05) is 22.3 Å². The predicted molar refractivity (Wildman–Crippen MR) is 106 cm³/mol. The minimum atomic E-state index is -4.78. The monoisotopic (exact) mass is 463 g/mol. The highest BCUT2D eigenvalue weighted by Gasteiger charge is 2.26. The van der Waals surface area contributed by atoms with E-state index in [0.717, 1.165) is 0 Å². The van der Waals surface area contributed by atoms with Crippen LogP contribution in [-0.4, -0.2) is 45.8 Å². The molecule has 1 aromatic heterocycles. The van der Waals surface area contributed by atoms with E-state index < -0.39 is 26.3 Å². The van der Waals surface area contributed by atoms with Crippen LogP contribution in [0.5, 0.6) is 5.88 Å². The van der Waals surface area contributed by atoms with Gasteiger partial charge < -0.3 is 4.74 Å². The molecule has 0 unspecified atom stereocenters. The van der Waals surface area contributed by atoms with E-state index in [9.17, 15) is 21.6 Å². The zero-order valence-electron chi connectivity index (χ0n) is 15.3. The molecule has 0 aliphatic rings. The molecule has 1 heterocycles. The summed E-state index contributed by atoms with van der Waals surface area (Å²) in [5.74, 6) is 0.0528. The van der Waals surface area contributed by atoms with E-state index >= 15 is 0 Å². The molecule has 0 saturated heterocycles. The number of rotatable bonds is 8. The highest BCUT2D eigenvalue weighted by molar-refractivity contribution is 8.04. The number of halogens is 1. The number of benzene rings is 1. The van der Waals surface area contributed by atoms with Crippen molar-refractivity contribution in [3.05, 3.63) is 41.6 Å². The number of aromatic nitrogens is 2. The highest BCUT2D eigenvalue weighted by atomic mass is 35.5. The molecule has 14 heteroatoms. The molecule has 3 N–H and O–H groups in total. The van der Waals surface area contributed by atoms with Crippen molar-refractivity contribution >= 4 is 43.8 Å². The summed E-state index contributed by atoms with van der Waals surface area (Å²) in [4.78, 5) is 19.4. The molecular formula is C15H18ClN5O6S2. The third-order valence-electron chi connectivity index (χ3n) is 3.34. The average Bonchev–Trinajstić information content (AvgIpc) is 2.60. The molecular weight excluding hydrogens is 446 g/mol. The first-order chi connectivity index (χ1) is 13.6. The van der Waals surface area contributed by atoms with Gasteiger partial charge in [0, 0.05) is 17.6 Å². The summed E-state index contributed by atoms with van der Waals surface area (Å²) in [6.45, 7) is 1.61. The zero-order chi connectivity index (χ0) is 21.7. The minimum absolute atomic E-state index is 0.139. The molecule has 0 fully saturated rings. The van der Waals surface area contributed by atoms with Crippen molar-refractivity contribution in [1.82, 2.24) is 18.8 Å². The lowest BCUT2D eigenvalue weighted by Gasteiger charge is -2.12. The van der Waals surface area contributed by atoms with Crippen LogP contribution in [0.3, 0.4) is 0 Å². The standard InChI is InChI=1S/C15H18ClN5O6S2/c1-10-9-13(27-2)18-14(17-10)19-15(22)20-29(25,26)21-28(23,24)12-6-4-3-5-11(12)7-8-16/h3-6,9,21H,7-8H2,1-2H3,(H2,17,18,19,20,22). The van der Waals surface area contributed by atoms with Gasteiger partial charge in [0.15, 0.2) is 0 Å². The van der Waals surface area contributed by atoms with Crippen molar-refractivity contribution in [3.63, 3.8) is 0 Å². The van der Waals surface area contributed by atoms with Crippen LogP contribution in [0.15, 0.2) is 35.2 Å². The summed E-state index contributed by atoms with van der Waals surface area (Å²) in [5, 5.41) is 2.09. The minimum Gasteiger partial charge on any atom is -0.481 e. The lowest BCUT2D eigenvalue weighted by Crippen LogP contribution is -2.45. The maximum Gasteiger partial charge on any atom is 0.336 e. The summed E-state index contributed by atoms with van der Waals surface area (Å²) in [7, 11) is -7.93. The first-order valence-electron chi connectivity index (χ1n) is 7.97. The molecule has 0 radical (unpaired) electrons. The topological polar surface area (TPSA) is 156 Å². The van der Waals surface area contributed by atoms with E-state index in [1.807, 2.05) is 0 Å². The molecule has 29 heavy (non-hydrogen) atoms. The largest absolute Gasteiger partial charge is 0.481 e. The van der Waals surface area contributed by atoms with Crippen molar-refractivity contribution in [2.24, 2.45) is 0 Å². The molecule has 0 atom stereocenters. The summed E-state index contributed by atoms with van der Waals surface area (Å²) in [5.41, 5.74) is 0.779. The van der Waals surface area contributed by atoms with E-state index in [1.54, 1.807) is 13.0 Å². The number of alkyl halides is 1. The summed E-state index contributed by atoms with van der Waals surface area (Å²) < 4.78 is 57.1. The molecule has 0 bridgehead atoms. The van der Waals surface area contributed by atoms with Gasteiger partial charge in [0.2, 0.25) is 11.8 Å². The number of anilines is 1. The summed E-state index contributed by atoms with van der Waals surface area (Å²) in [6, 6.07) is 5.98. The van der Waals surface area contributed by atoms with Crippen LogP contribution < -0.4 is 18.9 Å². The zero-order valence-corrected chi connectivity index (χ0v) is 17.7. The lowest BCUT2D eigenvalue weighted by atomic mass is 10.2. The Labute approximate surface area is 173 Å². The Balaban J connectivity index is 2.15. The fraction of sp³-hybridized carbons (Fsp3) is 0.267. The maximum absolute atomic E-state index is 12.5. The molecule has 11 nitrogen and oxygen atoms in total. The number of sulfonamides is 1. The molecule has 1 aromatic carbocycles. The Kier molecular flexibility index (Phi) is 7.35. The number of urea groups is 1. The van der Waals surface area contributed by atoms with Gasteiger partial charge in [0.25, 0.3) is 10.0 Å². The normalized spacial score (nSPS) is 11.7. The van der Waals surface area contributed by atoms with Crippen LogP contribution in [0.25, 0.3) is 0 Å². The number of aryl methyl sites for hydroxylation is 2. The van der Waals surface area contributed by atoms with Crippen LogP contribution in [0, 0.1) is 6.92 Å². The Hall–Kier alpha value is -2.48. The second-order valence-corrected chi connectivity index (χ2v) is 9.27. The molecule has 0 aliphatic heterocycles. The molecule has 0 aliphatic carbocycles. The first kappa shape index (κ1) is 22.8. The van der Waals surface area contributed by atoms with Crippen molar-refractivity contribution < 1.29 is 26.4 Å². The Morgan fingerprint density at radius 2 is 1.86 bits per heavy atom. The fourth-order valence-corrected chi connectivity index (χ4v) is 5.19. The number of carbonyl (C=O) groups excluding carboxylic acids is 1. The number of amides is 2. The molecule has 0 spiro atoms. The smallest absolute Gasteiger partial charge is 0.336 e. The number of ether oxygens (including phenoxy) is 1. The third kappa shape index (κ3) is 6.52. The van der Waals surface area contributed by atoms with Gasteiger partial charge >= 0.3 is 16.2 Å². The van der Waals surface area contributed by atoms with Gasteiger partial charge in [0.1, 0.15) is 0 Å². The second kappa shape index (κ2) is 9.35. The van der Waals surface area contributed by atoms with E-state index in [2.05, 4.69) is 15.3 Å². The Morgan fingerprint density at radius 3 is 2.52 bits per heavy atom. The van der Waals surface area contributed by atoms with Gasteiger partial charge in [-0.2, -0.15) is 13.4 Å². The number of nitrogens with one attached hydrogen (secondary N) is 3. The van der Waals surface area contributed by atoms with E-state index in [0.29, 0.717) is 11.3 Å². The molecule has 2 amide bonds. The Bertz CT molecular complexity index is 1110. The summed E-state index contributed by atoms with van der Waals surface area (Å²) >= 11 is 5.65. The summed E-state index contributed by atoms with van der Waals surface area (Å²) in [6.07, 6.45) is 0.207. The van der Waals surface area contributed by atoms with Crippen molar-refractivity contribution in [2.75, 3.05) is 18.3 Å². The average molecular weight is 464 g/mol. The quantitative estimate of drug-likeness (QED) is 0.488. The Morgan fingerprint density at radius 1 is 1.17 bits per heavy atom. The van der Waals surface area contributed by atoms with Gasteiger partial charge in [-0.25, -0.2) is 22.9 Å². The number of methoxy groups -OCH3 is 1. The number of carbonyl (C=O) groups is 1. The van der Waals surface area contributed by atoms with Gasteiger partial charge in [-0.15, -0.1) is 11.6 Å². The van der Waals surface area contributed by atoms with Gasteiger partial charge in [0.05, 0.1) is 12.0 Å². The molecule has 2 rings (SSSR count). The predicted octanol–water partition coefficient (Wildman–Crippen LogP) is 0.920. The number of nitrogens with zero attached hydrogens (tertiary/aromatic N) is 2. The lowest BCUT2D eigenvalue weighted by molar-refractivity contribution is 0.256. The number of hydrogen-bond acceptors (Lipinski definition) is 8. The molecule has 2 aromatic rings. The van der Waals surface area contributed by atoms with Crippen molar-refractivity contribution in [1.29, 1.82) is 0 Å². The maximum atomic E-state index is 12.5. The number of hydrogen-bond donors (Lipinski definition) is 3. The first-order valence-corrected chi connectivity index (χ1v) is 11.5. The molecule has 0 saturated carbocycles. The van der Waals surface area contributed by atoms with Crippen molar-refractivity contribution in [3.8, 4) is 5.88 Å². The second-order valence-electron chi connectivity index (χ2n) is 5.57. The van der Waals surface area contributed by atoms with E-state index in [4.69, 9.17) is 16.3 Å². The van der Waals surface area contributed by atoms with Crippen LogP contribution in [0.4, 0.5) is 10.7 Å². The highest BCUT2D eigenvalue weighted by Crippen LogP contribution is 2.17. The van der Waals surface area contributed by atoms with Crippen LogP contribution in [0.1, 0.15) is 11.3 Å². The van der Waals surface area contributed by atoms with Crippen LogP contribution in [0.2, 0.25) is 0 Å². The van der Waals surface area contributed by atoms with Gasteiger partial charge in [-0.05, 0) is 25.0 Å². The third-order valence-corrected chi connectivity index (χ3v) is 6.71. The van der Waals surface area contributed by atoms with Crippen LogP contribution >= 0.6 is 11.6 Å². The van der Waals surface area contributed by atoms with Crippen molar-refractivity contribution in [2.45, 2.75) is 18.2 Å². The van der Waals surface area contributed by atoms with E-state index in [1.165, 1.54) is 40.2 Å². The molecule has 158 valence electrons. The van der Waals surface area contributed by atoms with Crippen LogP contribution in [-0.2, 0) is 26.7 Å². The fourth-order valence-electron chi connectivity index (χ4n) is 2.23. The van der Waals surface area contributed by atoms with E-state index in [-0.39, 0.29) is 29.0 Å². The van der Waals surface area contributed by atoms with Gasteiger partial charge in [-0.3, -0.25) is 5.32 Å².